The monoisotopic (exact) mass is 408 g/mol. The van der Waals surface area contributed by atoms with Crippen LogP contribution in [0, 0.1) is 5.82 Å². The van der Waals surface area contributed by atoms with Gasteiger partial charge in [0.05, 0.1) is 5.69 Å². The first-order valence-electron chi connectivity index (χ1n) is 6.99. The third-order valence-electron chi connectivity index (χ3n) is 3.71. The quantitative estimate of drug-likeness (QED) is 0.771. The molecule has 3 rings (SSSR count). The molecule has 0 saturated heterocycles. The highest BCUT2D eigenvalue weighted by Crippen LogP contribution is 2.39. The summed E-state index contributed by atoms with van der Waals surface area (Å²) in [6, 6.07) is 8.01. The third-order valence-corrected chi connectivity index (χ3v) is 5.57. The Labute approximate surface area is 150 Å². The lowest BCUT2D eigenvalue weighted by atomic mass is 10.0. The number of sulfone groups is 1. The molecular formula is C15H9ClF4N2O3S. The molecule has 26 heavy (non-hydrogen) atoms. The molecule has 0 aliphatic carbocycles. The van der Waals surface area contributed by atoms with E-state index < -0.39 is 38.1 Å². The summed E-state index contributed by atoms with van der Waals surface area (Å²) in [5.41, 5.74) is -4.73. The number of alkyl halides is 3. The van der Waals surface area contributed by atoms with E-state index in [1.807, 2.05) is 5.43 Å². The minimum Gasteiger partial charge on any atom is -0.267 e. The van der Waals surface area contributed by atoms with Crippen LogP contribution in [0.2, 0.25) is 5.02 Å². The second-order valence-corrected chi connectivity index (χ2v) is 7.78. The van der Waals surface area contributed by atoms with E-state index in [-0.39, 0.29) is 16.1 Å². The van der Waals surface area contributed by atoms with Crippen LogP contribution in [0.25, 0.3) is 0 Å². The summed E-state index contributed by atoms with van der Waals surface area (Å²) in [5.74, 6) is -1.92. The van der Waals surface area contributed by atoms with Crippen LogP contribution in [-0.2, 0) is 9.84 Å². The van der Waals surface area contributed by atoms with Crippen molar-refractivity contribution in [3.8, 4) is 0 Å². The summed E-state index contributed by atoms with van der Waals surface area (Å²) in [6.07, 6.45) is 0. The number of fused-ring (bicyclic) bond motifs is 1. The second kappa shape index (κ2) is 6.22. The number of nitrogens with one attached hydrogen (secondary N) is 1. The summed E-state index contributed by atoms with van der Waals surface area (Å²) in [6.45, 7) is 0. The Morgan fingerprint density at radius 2 is 1.77 bits per heavy atom. The Bertz CT molecular complexity index is 995. The molecule has 2 aromatic carbocycles. The maximum Gasteiger partial charge on any atom is 0.499 e. The lowest BCUT2D eigenvalue weighted by Crippen LogP contribution is -2.53. The molecule has 1 N–H and O–H groups in total. The van der Waals surface area contributed by atoms with E-state index in [0.717, 1.165) is 24.3 Å². The molecule has 0 radical (unpaired) electrons. The summed E-state index contributed by atoms with van der Waals surface area (Å²) >= 11 is 5.63. The van der Waals surface area contributed by atoms with Gasteiger partial charge in [-0.15, -0.1) is 0 Å². The number of rotatable bonds is 2. The molecule has 1 unspecified atom stereocenters. The molecule has 1 aliphatic rings. The summed E-state index contributed by atoms with van der Waals surface area (Å²) in [7, 11) is -5.75. The predicted octanol–water partition coefficient (Wildman–Crippen LogP) is 3.58. The summed E-state index contributed by atoms with van der Waals surface area (Å²) in [4.78, 5) is 12.6. The van der Waals surface area contributed by atoms with Gasteiger partial charge in [0, 0.05) is 10.6 Å². The molecule has 0 bridgehead atoms. The highest BCUT2D eigenvalue weighted by Gasteiger charge is 2.54. The molecule has 5 nitrogen and oxygen atoms in total. The van der Waals surface area contributed by atoms with E-state index in [1.165, 1.54) is 18.2 Å². The number of hydrazine groups is 1. The van der Waals surface area contributed by atoms with Crippen LogP contribution < -0.4 is 10.4 Å². The average Bonchev–Trinajstić information content (AvgIpc) is 2.55. The van der Waals surface area contributed by atoms with E-state index in [9.17, 15) is 30.8 Å². The summed E-state index contributed by atoms with van der Waals surface area (Å²) in [5, 5.41) is -1.89. The molecule has 1 amide bonds. The first-order chi connectivity index (χ1) is 12.0. The van der Waals surface area contributed by atoms with Crippen molar-refractivity contribution in [1.29, 1.82) is 0 Å². The molecule has 0 aromatic heterocycles. The number of carbonyl (C=O) groups excluding carboxylic acids is 1. The van der Waals surface area contributed by atoms with E-state index in [0.29, 0.717) is 5.01 Å². The van der Waals surface area contributed by atoms with Crippen molar-refractivity contribution in [2.45, 2.75) is 10.9 Å². The van der Waals surface area contributed by atoms with Gasteiger partial charge in [-0.1, -0.05) is 29.8 Å². The summed E-state index contributed by atoms with van der Waals surface area (Å²) < 4.78 is 77.2. The number of nitrogens with zero attached hydrogens (tertiary/aromatic N) is 1. The van der Waals surface area contributed by atoms with E-state index >= 15 is 0 Å². The molecule has 0 saturated carbocycles. The third kappa shape index (κ3) is 2.93. The smallest absolute Gasteiger partial charge is 0.267 e. The van der Waals surface area contributed by atoms with Crippen LogP contribution in [0.15, 0.2) is 42.5 Å². The zero-order valence-electron chi connectivity index (χ0n) is 12.6. The lowest BCUT2D eigenvalue weighted by Gasteiger charge is -2.35. The van der Waals surface area contributed by atoms with Crippen LogP contribution in [0.5, 0.6) is 0 Å². The number of carbonyl (C=O) groups is 1. The van der Waals surface area contributed by atoms with Crippen molar-refractivity contribution < 1.29 is 30.8 Å². The van der Waals surface area contributed by atoms with Gasteiger partial charge in [-0.05, 0) is 29.8 Å². The van der Waals surface area contributed by atoms with Gasteiger partial charge < -0.3 is 0 Å². The van der Waals surface area contributed by atoms with Crippen molar-refractivity contribution in [2.24, 2.45) is 0 Å². The Balaban J connectivity index is 2.19. The van der Waals surface area contributed by atoms with E-state index in [1.54, 1.807) is 0 Å². The number of hydrogen-bond donors (Lipinski definition) is 1. The van der Waals surface area contributed by atoms with E-state index in [4.69, 9.17) is 11.6 Å². The fraction of sp³-hybridized carbons (Fsp3) is 0.133. The predicted molar refractivity (Wildman–Crippen MR) is 85.5 cm³/mol. The molecular weight excluding hydrogens is 400 g/mol. The average molecular weight is 409 g/mol. The van der Waals surface area contributed by atoms with Gasteiger partial charge >= 0.3 is 5.51 Å². The Kier molecular flexibility index (Phi) is 4.45. The second-order valence-electron chi connectivity index (χ2n) is 5.32. The lowest BCUT2D eigenvalue weighted by molar-refractivity contribution is -0.0449. The fourth-order valence-electron chi connectivity index (χ4n) is 2.50. The molecule has 11 heteroatoms. The van der Waals surface area contributed by atoms with Crippen molar-refractivity contribution in [1.82, 2.24) is 5.43 Å². The van der Waals surface area contributed by atoms with Gasteiger partial charge in [-0.25, -0.2) is 23.2 Å². The topological polar surface area (TPSA) is 66.5 Å². The number of benzene rings is 2. The molecule has 0 spiro atoms. The van der Waals surface area contributed by atoms with Crippen LogP contribution >= 0.6 is 11.6 Å². The van der Waals surface area contributed by atoms with Crippen molar-refractivity contribution in [3.63, 3.8) is 0 Å². The van der Waals surface area contributed by atoms with Crippen molar-refractivity contribution >= 4 is 33.0 Å². The first kappa shape index (κ1) is 18.6. The Hall–Kier alpha value is -2.17. The molecule has 1 atom stereocenters. The minimum absolute atomic E-state index is 0.00410. The van der Waals surface area contributed by atoms with Gasteiger partial charge in [0.25, 0.3) is 15.7 Å². The Morgan fingerprint density at radius 1 is 1.12 bits per heavy atom. The standard InChI is InChI=1S/C15H9ClF4N2O3S/c16-8-5-6-12(11(17)7-8)22-14(23)10-4-2-1-3-9(10)13(21-22)26(24,25)15(18,19)20/h1-7,13,21H. The maximum atomic E-state index is 14.2. The van der Waals surface area contributed by atoms with Gasteiger partial charge in [0.15, 0.2) is 5.37 Å². The number of amides is 1. The van der Waals surface area contributed by atoms with Gasteiger partial charge in [0.2, 0.25) is 0 Å². The highest BCUT2D eigenvalue weighted by molar-refractivity contribution is 7.92. The molecule has 0 fully saturated rings. The maximum absolute atomic E-state index is 14.2. The molecule has 2 aromatic rings. The highest BCUT2D eigenvalue weighted by atomic mass is 35.5. The van der Waals surface area contributed by atoms with Gasteiger partial charge in [-0.3, -0.25) is 4.79 Å². The first-order valence-corrected chi connectivity index (χ1v) is 8.91. The Morgan fingerprint density at radius 3 is 2.38 bits per heavy atom. The van der Waals surface area contributed by atoms with E-state index in [2.05, 4.69) is 0 Å². The fourth-order valence-corrected chi connectivity index (χ4v) is 3.71. The zero-order valence-corrected chi connectivity index (χ0v) is 14.2. The SMILES string of the molecule is O=C1c2ccccc2C(S(=O)(=O)C(F)(F)F)NN1c1ccc(Cl)cc1F. The normalized spacial score (nSPS) is 18.0. The largest absolute Gasteiger partial charge is 0.499 e. The number of hydrogen-bond acceptors (Lipinski definition) is 4. The number of halogens is 5. The van der Waals surface area contributed by atoms with Crippen LogP contribution in [0.4, 0.5) is 23.2 Å². The molecule has 1 aliphatic heterocycles. The minimum atomic E-state index is -5.75. The van der Waals surface area contributed by atoms with Gasteiger partial charge in [0.1, 0.15) is 5.82 Å². The molecule has 1 heterocycles. The van der Waals surface area contributed by atoms with Crippen LogP contribution in [-0.4, -0.2) is 19.8 Å². The number of anilines is 1. The molecule has 138 valence electrons. The zero-order chi connectivity index (χ0) is 19.3. The van der Waals surface area contributed by atoms with Crippen LogP contribution in [0.3, 0.4) is 0 Å². The van der Waals surface area contributed by atoms with Gasteiger partial charge in [-0.2, -0.15) is 13.2 Å². The van der Waals surface area contributed by atoms with Crippen molar-refractivity contribution in [3.05, 3.63) is 64.4 Å². The van der Waals surface area contributed by atoms with Crippen LogP contribution in [0.1, 0.15) is 21.3 Å². The van der Waals surface area contributed by atoms with Crippen molar-refractivity contribution in [2.75, 3.05) is 5.01 Å².